The number of anilines is 5. The number of ether oxygens (including phenoxy) is 3. The molecule has 1 aromatic heterocycles. The van der Waals surface area contributed by atoms with Gasteiger partial charge in [0, 0.05) is 80.8 Å². The fraction of sp³-hybridized carbons (Fsp3) is 0.364. The quantitative estimate of drug-likeness (QED) is 0.0768. The van der Waals surface area contributed by atoms with Crippen molar-refractivity contribution >= 4 is 66.4 Å². The maximum Gasteiger partial charge on any atom is 0.323 e. The van der Waals surface area contributed by atoms with Crippen molar-refractivity contribution in [3.63, 3.8) is 0 Å². The molecule has 2 amide bonds. The molecule has 0 saturated carbocycles. The SMILES string of the molecule is COc1cc(Nc2cc(Oc3ccc(NC(=O)Nc4cc(C(C)(C)C)cc(NS(C)=O)c4OC)c4ccccc34)ccn2)ccc1S(=O)(=O)N(C)CCCN1CCN(C)CC1. The summed E-state index contributed by atoms with van der Waals surface area (Å²) in [5.74, 6) is 2.07. The number of aromatic nitrogens is 1. The molecule has 1 aliphatic heterocycles. The third-order valence-electron chi connectivity index (χ3n) is 10.4. The van der Waals surface area contributed by atoms with Gasteiger partial charge in [0.05, 0.1) is 31.3 Å². The first-order valence-electron chi connectivity index (χ1n) is 19.9. The summed E-state index contributed by atoms with van der Waals surface area (Å²) in [5, 5.41) is 10.6. The van der Waals surface area contributed by atoms with Crippen LogP contribution in [0, 0.1) is 0 Å². The lowest BCUT2D eigenvalue weighted by molar-refractivity contribution is 0.151. The normalized spacial score (nSPS) is 14.4. The zero-order valence-corrected chi connectivity index (χ0v) is 37.6. The second-order valence-corrected chi connectivity index (χ2v) is 19.1. The second-order valence-electron chi connectivity index (χ2n) is 15.9. The number of benzene rings is 4. The average molecular weight is 873 g/mol. The minimum absolute atomic E-state index is 0.0849. The van der Waals surface area contributed by atoms with Crippen LogP contribution >= 0.6 is 0 Å². The Balaban J connectivity index is 1.14. The highest BCUT2D eigenvalue weighted by Crippen LogP contribution is 2.40. The van der Waals surface area contributed by atoms with Crippen LogP contribution in [-0.2, 0) is 26.4 Å². The molecule has 61 heavy (non-hydrogen) atoms. The van der Waals surface area contributed by atoms with Gasteiger partial charge in [0.1, 0.15) is 38.9 Å². The van der Waals surface area contributed by atoms with Gasteiger partial charge in [-0.2, -0.15) is 0 Å². The molecule has 4 N–H and O–H groups in total. The largest absolute Gasteiger partial charge is 0.495 e. The minimum atomic E-state index is -3.81. The number of sulfonamides is 1. The van der Waals surface area contributed by atoms with Crippen molar-refractivity contribution in [2.24, 2.45) is 0 Å². The van der Waals surface area contributed by atoms with Gasteiger partial charge in [0.2, 0.25) is 10.0 Å². The Hall–Kier alpha value is -5.46. The number of methoxy groups -OCH3 is 2. The Labute approximate surface area is 361 Å². The Bertz CT molecular complexity index is 2490. The van der Waals surface area contributed by atoms with Gasteiger partial charge in [-0.05, 0) is 73.5 Å². The highest BCUT2D eigenvalue weighted by molar-refractivity contribution is 7.89. The lowest BCUT2D eigenvalue weighted by atomic mass is 9.86. The first-order chi connectivity index (χ1) is 29.0. The van der Waals surface area contributed by atoms with Crippen LogP contribution in [0.2, 0.25) is 0 Å². The zero-order valence-electron chi connectivity index (χ0n) is 36.0. The van der Waals surface area contributed by atoms with Gasteiger partial charge >= 0.3 is 6.03 Å². The molecule has 1 aliphatic rings. The van der Waals surface area contributed by atoms with Crippen LogP contribution in [0.15, 0.2) is 90.0 Å². The molecule has 0 spiro atoms. The minimum Gasteiger partial charge on any atom is -0.495 e. The highest BCUT2D eigenvalue weighted by atomic mass is 32.2. The molecule has 4 aromatic carbocycles. The number of rotatable bonds is 16. The van der Waals surface area contributed by atoms with Crippen molar-refractivity contribution in [1.82, 2.24) is 19.1 Å². The number of carbonyl (C=O) groups excluding carboxylic acids is 1. The van der Waals surface area contributed by atoms with E-state index in [-0.39, 0.29) is 16.1 Å². The van der Waals surface area contributed by atoms with Crippen LogP contribution < -0.4 is 34.9 Å². The van der Waals surface area contributed by atoms with Crippen LogP contribution in [0.25, 0.3) is 10.8 Å². The summed E-state index contributed by atoms with van der Waals surface area (Å²) < 4.78 is 61.2. The van der Waals surface area contributed by atoms with Gasteiger partial charge in [-0.3, -0.25) is 0 Å². The lowest BCUT2D eigenvalue weighted by Crippen LogP contribution is -2.45. The van der Waals surface area contributed by atoms with Crippen LogP contribution in [0.5, 0.6) is 23.0 Å². The van der Waals surface area contributed by atoms with Gasteiger partial charge in [0.15, 0.2) is 5.75 Å². The van der Waals surface area contributed by atoms with Crippen molar-refractivity contribution in [2.45, 2.75) is 37.5 Å². The number of hydrogen-bond donors (Lipinski definition) is 4. The lowest BCUT2D eigenvalue weighted by Gasteiger charge is -2.32. The van der Waals surface area contributed by atoms with E-state index in [2.05, 4.69) is 42.5 Å². The molecular weight excluding hydrogens is 817 g/mol. The Morgan fingerprint density at radius 1 is 0.869 bits per heavy atom. The van der Waals surface area contributed by atoms with E-state index < -0.39 is 27.0 Å². The fourth-order valence-corrected chi connectivity index (χ4v) is 8.81. The van der Waals surface area contributed by atoms with Crippen LogP contribution in [-0.4, -0.2) is 112 Å². The molecule has 326 valence electrons. The van der Waals surface area contributed by atoms with Crippen LogP contribution in [0.1, 0.15) is 32.8 Å². The molecule has 1 unspecified atom stereocenters. The van der Waals surface area contributed by atoms with Gasteiger partial charge in [-0.1, -0.05) is 45.0 Å². The first kappa shape index (κ1) is 45.1. The highest BCUT2D eigenvalue weighted by Gasteiger charge is 2.26. The van der Waals surface area contributed by atoms with Crippen molar-refractivity contribution in [2.75, 3.05) is 94.5 Å². The molecule has 0 bridgehead atoms. The molecule has 1 saturated heterocycles. The molecule has 5 aromatic rings. The summed E-state index contributed by atoms with van der Waals surface area (Å²) in [6, 6.07) is 22.6. The van der Waals surface area contributed by atoms with E-state index >= 15 is 0 Å². The number of amides is 2. The number of urea groups is 1. The van der Waals surface area contributed by atoms with E-state index in [0.717, 1.165) is 55.5 Å². The Morgan fingerprint density at radius 2 is 1.57 bits per heavy atom. The molecule has 17 heteroatoms. The first-order valence-corrected chi connectivity index (χ1v) is 22.9. The number of carbonyl (C=O) groups is 1. The summed E-state index contributed by atoms with van der Waals surface area (Å²) in [5.41, 5.74) is 2.69. The number of hydrogen-bond acceptors (Lipinski definition) is 11. The maximum absolute atomic E-state index is 13.6. The predicted octanol–water partition coefficient (Wildman–Crippen LogP) is 7.69. The van der Waals surface area contributed by atoms with Gasteiger partial charge in [-0.15, -0.1) is 0 Å². The molecule has 0 aliphatic carbocycles. The summed E-state index contributed by atoms with van der Waals surface area (Å²) in [7, 11) is 1.48. The van der Waals surface area contributed by atoms with Crippen molar-refractivity contribution < 1.29 is 31.6 Å². The van der Waals surface area contributed by atoms with Crippen molar-refractivity contribution in [1.29, 1.82) is 0 Å². The monoisotopic (exact) mass is 872 g/mol. The van der Waals surface area contributed by atoms with Crippen LogP contribution in [0.3, 0.4) is 0 Å². The second kappa shape index (κ2) is 19.5. The van der Waals surface area contributed by atoms with E-state index in [1.54, 1.807) is 55.7 Å². The summed E-state index contributed by atoms with van der Waals surface area (Å²) in [6.07, 6.45) is 3.86. The Morgan fingerprint density at radius 3 is 2.26 bits per heavy atom. The molecule has 2 heterocycles. The number of fused-ring (bicyclic) bond motifs is 1. The number of nitrogens with zero attached hydrogens (tertiary/aromatic N) is 4. The van der Waals surface area contributed by atoms with E-state index in [0.29, 0.717) is 52.4 Å². The summed E-state index contributed by atoms with van der Waals surface area (Å²) >= 11 is 0. The van der Waals surface area contributed by atoms with Gasteiger partial charge < -0.3 is 44.7 Å². The third kappa shape index (κ3) is 11.3. The van der Waals surface area contributed by atoms with E-state index in [1.807, 2.05) is 57.2 Å². The molecule has 1 atom stereocenters. The van der Waals surface area contributed by atoms with Crippen LogP contribution in [0.4, 0.5) is 33.4 Å². The summed E-state index contributed by atoms with van der Waals surface area (Å²) in [4.78, 5) is 22.7. The fourth-order valence-electron chi connectivity index (χ4n) is 7.00. The Kier molecular flexibility index (Phi) is 14.4. The number of piperazine rings is 1. The number of likely N-dealkylation sites (N-methyl/N-ethyl adjacent to an activating group) is 1. The molecule has 6 rings (SSSR count). The maximum atomic E-state index is 13.6. The molecular formula is C44H56N8O7S2. The third-order valence-corrected chi connectivity index (χ3v) is 12.8. The summed E-state index contributed by atoms with van der Waals surface area (Å²) in [6.45, 7) is 11.4. The van der Waals surface area contributed by atoms with Crippen molar-refractivity contribution in [3.05, 3.63) is 90.6 Å². The smallest absolute Gasteiger partial charge is 0.323 e. The number of nitrogens with one attached hydrogen (secondary N) is 4. The number of pyridine rings is 1. The predicted molar refractivity (Wildman–Crippen MR) is 245 cm³/mol. The zero-order chi connectivity index (χ0) is 43.9. The van der Waals surface area contributed by atoms with E-state index in [1.165, 1.54) is 24.8 Å². The van der Waals surface area contributed by atoms with E-state index in [9.17, 15) is 17.4 Å². The topological polar surface area (TPSA) is 167 Å². The van der Waals surface area contributed by atoms with E-state index in [4.69, 9.17) is 14.2 Å². The molecule has 15 nitrogen and oxygen atoms in total. The van der Waals surface area contributed by atoms with Crippen molar-refractivity contribution in [3.8, 4) is 23.0 Å². The standard InChI is InChI=1S/C44H56N8O7S2/c1-44(2,3)30-26-36(42(58-7)37(27-30)49-60(8)54)48-43(53)47-35-15-16-38(34-13-10-9-12-33(34)35)59-32-18-19-45-41(29-32)46-31-14-17-40(39(28-31)57-6)61(55,56)51(5)20-11-21-52-24-22-50(4)23-25-52/h9-10,12-19,26-29,49H,11,20-25H2,1-8H3,(H,45,46)(H2,47,48,53). The average Bonchev–Trinajstić information content (AvgIpc) is 3.21. The molecule has 1 fully saturated rings. The van der Waals surface area contributed by atoms with Gasteiger partial charge in [0.25, 0.3) is 0 Å². The molecule has 0 radical (unpaired) electrons. The van der Waals surface area contributed by atoms with Gasteiger partial charge in [-0.25, -0.2) is 26.7 Å².